The van der Waals surface area contributed by atoms with E-state index in [1.165, 1.54) is 12.8 Å². The van der Waals surface area contributed by atoms with E-state index in [9.17, 15) is 5.11 Å². The lowest BCUT2D eigenvalue weighted by molar-refractivity contribution is 0.0177. The van der Waals surface area contributed by atoms with Gasteiger partial charge in [-0.3, -0.25) is 0 Å². The van der Waals surface area contributed by atoms with E-state index in [0.717, 1.165) is 6.42 Å². The minimum atomic E-state index is -0.266. The molecule has 0 aliphatic carbocycles. The topological polar surface area (TPSA) is 41.5 Å². The zero-order chi connectivity index (χ0) is 8.55. The summed E-state index contributed by atoms with van der Waals surface area (Å²) in [7, 11) is 1.64. The van der Waals surface area contributed by atoms with Crippen LogP contribution in [0.25, 0.3) is 0 Å². The molecule has 0 saturated carbocycles. The van der Waals surface area contributed by atoms with E-state index in [0.29, 0.717) is 24.6 Å². The van der Waals surface area contributed by atoms with Crippen molar-refractivity contribution in [1.82, 2.24) is 5.32 Å². The van der Waals surface area contributed by atoms with Gasteiger partial charge in [-0.25, -0.2) is 0 Å². The highest BCUT2D eigenvalue weighted by molar-refractivity contribution is 4.99. The summed E-state index contributed by atoms with van der Waals surface area (Å²) in [6.07, 6.45) is 3.39. The first-order chi connectivity index (χ1) is 5.81. The number of fused-ring (bicyclic) bond motifs is 2. The molecule has 12 heavy (non-hydrogen) atoms. The molecule has 3 heteroatoms. The molecule has 0 aromatic heterocycles. The summed E-state index contributed by atoms with van der Waals surface area (Å²) in [5, 5.41) is 13.2. The minimum absolute atomic E-state index is 0.266. The smallest absolute Gasteiger partial charge is 0.0817 e. The molecule has 0 radical (unpaired) electrons. The molecule has 2 saturated heterocycles. The Labute approximate surface area is 73.1 Å². The Bertz CT molecular complexity index is 163. The molecule has 0 aromatic rings. The van der Waals surface area contributed by atoms with Crippen molar-refractivity contribution in [1.29, 1.82) is 0 Å². The van der Waals surface area contributed by atoms with E-state index in [-0.39, 0.29) is 6.10 Å². The second-order valence-corrected chi connectivity index (χ2v) is 3.97. The second kappa shape index (κ2) is 3.32. The number of hydrogen-bond acceptors (Lipinski definition) is 3. The Morgan fingerprint density at radius 3 is 2.92 bits per heavy atom. The molecular formula is C9H17NO2. The van der Waals surface area contributed by atoms with Crippen molar-refractivity contribution in [2.75, 3.05) is 13.7 Å². The van der Waals surface area contributed by atoms with Crippen molar-refractivity contribution in [3.05, 3.63) is 0 Å². The number of methoxy groups -OCH3 is 1. The number of ether oxygens (including phenoxy) is 1. The predicted molar refractivity (Wildman–Crippen MR) is 45.9 cm³/mol. The Morgan fingerprint density at radius 1 is 1.58 bits per heavy atom. The lowest BCUT2D eigenvalue weighted by Crippen LogP contribution is -2.34. The number of nitrogens with one attached hydrogen (secondary N) is 1. The predicted octanol–water partition coefficient (Wildman–Crippen LogP) is 0.134. The van der Waals surface area contributed by atoms with E-state index in [1.807, 2.05) is 0 Å². The van der Waals surface area contributed by atoms with Gasteiger partial charge in [-0.15, -0.1) is 0 Å². The summed E-state index contributed by atoms with van der Waals surface area (Å²) in [6.45, 7) is 0.482. The number of rotatable bonds is 3. The molecule has 4 atom stereocenters. The van der Waals surface area contributed by atoms with Crippen LogP contribution in [0.4, 0.5) is 0 Å². The van der Waals surface area contributed by atoms with Gasteiger partial charge in [-0.1, -0.05) is 0 Å². The number of hydrogen-bond donors (Lipinski definition) is 2. The molecule has 2 rings (SSSR count). The molecular weight excluding hydrogens is 154 g/mol. The Hall–Kier alpha value is -0.120. The highest BCUT2D eigenvalue weighted by Crippen LogP contribution is 2.35. The van der Waals surface area contributed by atoms with Gasteiger partial charge in [0, 0.05) is 25.1 Å². The molecule has 2 aliphatic rings. The second-order valence-electron chi connectivity index (χ2n) is 3.97. The monoisotopic (exact) mass is 171 g/mol. The standard InChI is InChI=1S/C9H17NO2/c1-12-5-9(11)7-4-6-2-3-8(7)10-6/h6-11H,2-5H2,1H3. The first-order valence-electron chi connectivity index (χ1n) is 4.74. The third kappa shape index (κ3) is 1.37. The van der Waals surface area contributed by atoms with Crippen LogP contribution in [0.15, 0.2) is 0 Å². The van der Waals surface area contributed by atoms with Gasteiger partial charge in [0.2, 0.25) is 0 Å². The van der Waals surface area contributed by atoms with Gasteiger partial charge in [0.25, 0.3) is 0 Å². The fourth-order valence-corrected chi connectivity index (χ4v) is 2.59. The molecule has 2 bridgehead atoms. The molecule has 70 valence electrons. The van der Waals surface area contributed by atoms with Crippen LogP contribution in [0.1, 0.15) is 19.3 Å². The molecule has 4 unspecified atom stereocenters. The summed E-state index contributed by atoms with van der Waals surface area (Å²) in [5.41, 5.74) is 0. The first-order valence-corrected chi connectivity index (χ1v) is 4.74. The van der Waals surface area contributed by atoms with Gasteiger partial charge in [0.15, 0.2) is 0 Å². The highest BCUT2D eigenvalue weighted by Gasteiger charge is 2.42. The molecule has 2 aliphatic heterocycles. The average Bonchev–Trinajstić information content (AvgIpc) is 2.64. The van der Waals surface area contributed by atoms with Gasteiger partial charge in [0.1, 0.15) is 0 Å². The summed E-state index contributed by atoms with van der Waals surface area (Å²) in [6, 6.07) is 1.23. The van der Waals surface area contributed by atoms with Gasteiger partial charge >= 0.3 is 0 Å². The van der Waals surface area contributed by atoms with Gasteiger partial charge < -0.3 is 15.2 Å². The van der Waals surface area contributed by atoms with E-state index in [1.54, 1.807) is 7.11 Å². The van der Waals surface area contributed by atoms with E-state index >= 15 is 0 Å². The van der Waals surface area contributed by atoms with E-state index < -0.39 is 0 Å². The Morgan fingerprint density at radius 2 is 2.42 bits per heavy atom. The normalized spacial score (nSPS) is 42.0. The van der Waals surface area contributed by atoms with Crippen molar-refractivity contribution >= 4 is 0 Å². The van der Waals surface area contributed by atoms with Crippen LogP contribution in [-0.4, -0.2) is 37.0 Å². The quantitative estimate of drug-likeness (QED) is 0.634. The summed E-state index contributed by atoms with van der Waals surface area (Å²) in [4.78, 5) is 0. The summed E-state index contributed by atoms with van der Waals surface area (Å²) >= 11 is 0. The van der Waals surface area contributed by atoms with Crippen molar-refractivity contribution in [3.8, 4) is 0 Å². The maximum absolute atomic E-state index is 9.71. The number of aliphatic hydroxyl groups is 1. The SMILES string of the molecule is COCC(O)C1CC2CCC1N2. The summed E-state index contributed by atoms with van der Waals surface area (Å²) in [5.74, 6) is 0.434. The molecule has 0 spiro atoms. The molecule has 2 fully saturated rings. The maximum atomic E-state index is 9.71. The molecule has 0 aromatic carbocycles. The van der Waals surface area contributed by atoms with Crippen LogP contribution in [0, 0.1) is 5.92 Å². The van der Waals surface area contributed by atoms with Crippen molar-refractivity contribution in [2.24, 2.45) is 5.92 Å². The fourth-order valence-electron chi connectivity index (χ4n) is 2.59. The lowest BCUT2D eigenvalue weighted by Gasteiger charge is -2.24. The van der Waals surface area contributed by atoms with Crippen LogP contribution < -0.4 is 5.32 Å². The molecule has 3 nitrogen and oxygen atoms in total. The molecule has 2 heterocycles. The average molecular weight is 171 g/mol. The largest absolute Gasteiger partial charge is 0.390 e. The third-order valence-corrected chi connectivity index (χ3v) is 3.18. The Kier molecular flexibility index (Phi) is 2.35. The highest BCUT2D eigenvalue weighted by atomic mass is 16.5. The number of aliphatic hydroxyl groups excluding tert-OH is 1. The third-order valence-electron chi connectivity index (χ3n) is 3.18. The zero-order valence-corrected chi connectivity index (χ0v) is 7.49. The van der Waals surface area contributed by atoms with Crippen LogP contribution in [0.5, 0.6) is 0 Å². The minimum Gasteiger partial charge on any atom is -0.390 e. The summed E-state index contributed by atoms with van der Waals surface area (Å²) < 4.78 is 4.95. The van der Waals surface area contributed by atoms with E-state index in [4.69, 9.17) is 4.74 Å². The van der Waals surface area contributed by atoms with Crippen LogP contribution in [0.2, 0.25) is 0 Å². The molecule has 0 amide bonds. The van der Waals surface area contributed by atoms with E-state index in [2.05, 4.69) is 5.32 Å². The van der Waals surface area contributed by atoms with Gasteiger partial charge in [-0.05, 0) is 19.3 Å². The lowest BCUT2D eigenvalue weighted by atomic mass is 9.85. The Balaban J connectivity index is 1.89. The molecule has 2 N–H and O–H groups in total. The zero-order valence-electron chi connectivity index (χ0n) is 7.49. The van der Waals surface area contributed by atoms with Crippen molar-refractivity contribution in [2.45, 2.75) is 37.5 Å². The fraction of sp³-hybridized carbons (Fsp3) is 1.00. The van der Waals surface area contributed by atoms with Crippen molar-refractivity contribution in [3.63, 3.8) is 0 Å². The van der Waals surface area contributed by atoms with Crippen molar-refractivity contribution < 1.29 is 9.84 Å². The van der Waals surface area contributed by atoms with Gasteiger partial charge in [-0.2, -0.15) is 0 Å². The van der Waals surface area contributed by atoms with Crippen LogP contribution in [0.3, 0.4) is 0 Å². The van der Waals surface area contributed by atoms with Crippen LogP contribution >= 0.6 is 0 Å². The van der Waals surface area contributed by atoms with Crippen LogP contribution in [-0.2, 0) is 4.74 Å². The first kappa shape index (κ1) is 8.48. The maximum Gasteiger partial charge on any atom is 0.0817 e. The van der Waals surface area contributed by atoms with Gasteiger partial charge in [0.05, 0.1) is 12.7 Å².